The number of hydrogen-bond donors (Lipinski definition) is 1. The van der Waals surface area contributed by atoms with Gasteiger partial charge in [0.05, 0.1) is 16.9 Å². The first-order valence-corrected chi connectivity index (χ1v) is 9.90. The fourth-order valence-corrected chi connectivity index (χ4v) is 3.60. The van der Waals surface area contributed by atoms with Gasteiger partial charge in [-0.3, -0.25) is 14.5 Å². The third-order valence-electron chi connectivity index (χ3n) is 5.42. The van der Waals surface area contributed by atoms with Crippen molar-refractivity contribution in [3.05, 3.63) is 70.5 Å². The average molecular weight is 410 g/mol. The van der Waals surface area contributed by atoms with E-state index >= 15 is 0 Å². The number of rotatable bonds is 5. The van der Waals surface area contributed by atoms with E-state index in [1.165, 1.54) is 24.3 Å². The normalized spacial score (nSPS) is 15.9. The Morgan fingerprint density at radius 2 is 1.83 bits per heavy atom. The molecule has 7 nitrogen and oxygen atoms in total. The molecular weight excluding hydrogens is 387 g/mol. The van der Waals surface area contributed by atoms with E-state index in [0.29, 0.717) is 48.7 Å². The van der Waals surface area contributed by atoms with Crippen LogP contribution in [0.3, 0.4) is 0 Å². The van der Waals surface area contributed by atoms with Crippen molar-refractivity contribution < 1.29 is 13.9 Å². The fraction of sp³-hybridized carbons (Fsp3) is 0.318. The average Bonchev–Trinajstić information content (AvgIpc) is 2.78. The van der Waals surface area contributed by atoms with Crippen molar-refractivity contribution in [1.29, 1.82) is 0 Å². The zero-order valence-corrected chi connectivity index (χ0v) is 16.7. The lowest BCUT2D eigenvalue weighted by atomic mass is 10.2. The number of nitrogens with zero attached hydrogens (tertiary/aromatic N) is 3. The number of carbonyl (C=O) groups is 1. The molecule has 1 unspecified atom stereocenters. The second kappa shape index (κ2) is 8.62. The second-order valence-corrected chi connectivity index (χ2v) is 7.30. The van der Waals surface area contributed by atoms with E-state index in [4.69, 9.17) is 4.74 Å². The van der Waals surface area contributed by atoms with Gasteiger partial charge in [-0.2, -0.15) is 0 Å². The van der Waals surface area contributed by atoms with E-state index in [2.05, 4.69) is 14.9 Å². The summed E-state index contributed by atoms with van der Waals surface area (Å²) in [5.74, 6) is 0.631. The zero-order chi connectivity index (χ0) is 21.1. The van der Waals surface area contributed by atoms with E-state index in [1.807, 2.05) is 25.1 Å². The van der Waals surface area contributed by atoms with E-state index in [-0.39, 0.29) is 29.9 Å². The van der Waals surface area contributed by atoms with Gasteiger partial charge in [-0.25, -0.2) is 9.37 Å². The fourth-order valence-electron chi connectivity index (χ4n) is 3.60. The van der Waals surface area contributed by atoms with Gasteiger partial charge in [0.2, 0.25) is 0 Å². The van der Waals surface area contributed by atoms with E-state index in [9.17, 15) is 14.0 Å². The largest absolute Gasteiger partial charge is 0.484 e. The van der Waals surface area contributed by atoms with Crippen molar-refractivity contribution in [2.45, 2.75) is 13.0 Å². The maximum Gasteiger partial charge on any atom is 0.260 e. The number of amides is 1. The molecule has 3 aromatic rings. The van der Waals surface area contributed by atoms with Crippen molar-refractivity contribution in [1.82, 2.24) is 19.8 Å². The molecule has 2 heterocycles. The van der Waals surface area contributed by atoms with Crippen LogP contribution in [0, 0.1) is 5.82 Å². The van der Waals surface area contributed by atoms with Gasteiger partial charge in [0.25, 0.3) is 11.5 Å². The quantitative estimate of drug-likeness (QED) is 0.699. The van der Waals surface area contributed by atoms with E-state index in [1.54, 1.807) is 11.0 Å². The minimum absolute atomic E-state index is 0.0741. The van der Waals surface area contributed by atoms with Crippen molar-refractivity contribution in [3.63, 3.8) is 0 Å². The second-order valence-electron chi connectivity index (χ2n) is 7.30. The van der Waals surface area contributed by atoms with Crippen LogP contribution in [-0.2, 0) is 4.79 Å². The van der Waals surface area contributed by atoms with Gasteiger partial charge in [0, 0.05) is 26.2 Å². The Labute approximate surface area is 173 Å². The standard InChI is InChI=1S/C22H23FN4O3/c1-15(21-24-19-5-3-2-4-18(19)22(29)25-21)26-10-12-27(13-11-26)20(28)14-30-17-8-6-16(23)7-9-17/h2-9,15H,10-14H2,1H3,(H,24,25,29). The maximum atomic E-state index is 12.9. The molecular formula is C22H23FN4O3. The van der Waals surface area contributed by atoms with Gasteiger partial charge in [0.15, 0.2) is 6.61 Å². The number of carbonyl (C=O) groups excluding carboxylic acids is 1. The number of hydrogen-bond acceptors (Lipinski definition) is 5. The molecule has 30 heavy (non-hydrogen) atoms. The Balaban J connectivity index is 1.34. The molecule has 1 aromatic heterocycles. The number of fused-ring (bicyclic) bond motifs is 1. The summed E-state index contributed by atoms with van der Waals surface area (Å²) >= 11 is 0. The van der Waals surface area contributed by atoms with E-state index < -0.39 is 0 Å². The summed E-state index contributed by atoms with van der Waals surface area (Å²) < 4.78 is 18.4. The van der Waals surface area contributed by atoms with Gasteiger partial charge in [-0.15, -0.1) is 0 Å². The summed E-state index contributed by atoms with van der Waals surface area (Å²) in [6.45, 7) is 4.38. The van der Waals surface area contributed by atoms with Crippen LogP contribution in [0.25, 0.3) is 10.9 Å². The van der Waals surface area contributed by atoms with Crippen molar-refractivity contribution >= 4 is 16.8 Å². The van der Waals surface area contributed by atoms with Gasteiger partial charge in [-0.05, 0) is 43.3 Å². The minimum Gasteiger partial charge on any atom is -0.484 e. The predicted octanol–water partition coefficient (Wildman–Crippen LogP) is 2.35. The van der Waals surface area contributed by atoms with Gasteiger partial charge >= 0.3 is 0 Å². The van der Waals surface area contributed by atoms with Crippen LogP contribution in [0.15, 0.2) is 53.3 Å². The highest BCUT2D eigenvalue weighted by Gasteiger charge is 2.26. The monoisotopic (exact) mass is 410 g/mol. The Kier molecular flexibility index (Phi) is 5.76. The van der Waals surface area contributed by atoms with Crippen LogP contribution in [-0.4, -0.2) is 58.5 Å². The molecule has 1 amide bonds. The highest BCUT2D eigenvalue weighted by atomic mass is 19.1. The lowest BCUT2D eigenvalue weighted by molar-refractivity contribution is -0.135. The zero-order valence-electron chi connectivity index (χ0n) is 16.7. The van der Waals surface area contributed by atoms with Crippen LogP contribution in [0.4, 0.5) is 4.39 Å². The molecule has 1 saturated heterocycles. The molecule has 8 heteroatoms. The molecule has 4 rings (SSSR count). The molecule has 1 atom stereocenters. The number of benzene rings is 2. The number of aromatic amines is 1. The highest BCUT2D eigenvalue weighted by molar-refractivity contribution is 5.78. The molecule has 1 aliphatic rings. The number of piperazine rings is 1. The van der Waals surface area contributed by atoms with Crippen molar-refractivity contribution in [2.24, 2.45) is 0 Å². The van der Waals surface area contributed by atoms with Crippen LogP contribution in [0.5, 0.6) is 5.75 Å². The van der Waals surface area contributed by atoms with Crippen LogP contribution >= 0.6 is 0 Å². The number of para-hydroxylation sites is 1. The topological polar surface area (TPSA) is 78.5 Å². The lowest BCUT2D eigenvalue weighted by Gasteiger charge is -2.37. The molecule has 1 aliphatic heterocycles. The summed E-state index contributed by atoms with van der Waals surface area (Å²) in [5, 5.41) is 0.574. The van der Waals surface area contributed by atoms with Crippen molar-refractivity contribution in [3.8, 4) is 5.75 Å². The van der Waals surface area contributed by atoms with Crippen LogP contribution in [0.2, 0.25) is 0 Å². The number of nitrogens with one attached hydrogen (secondary N) is 1. The lowest BCUT2D eigenvalue weighted by Crippen LogP contribution is -2.50. The van der Waals surface area contributed by atoms with Gasteiger partial charge < -0.3 is 14.6 Å². The molecule has 0 saturated carbocycles. The van der Waals surface area contributed by atoms with Crippen molar-refractivity contribution in [2.75, 3.05) is 32.8 Å². The summed E-state index contributed by atoms with van der Waals surface area (Å²) in [5.41, 5.74) is 0.532. The first kappa shape index (κ1) is 20.0. The molecule has 1 N–H and O–H groups in total. The SMILES string of the molecule is CC(c1nc2ccccc2c(=O)[nH]1)N1CCN(C(=O)COc2ccc(F)cc2)CC1. The Bertz CT molecular complexity index is 1090. The predicted molar refractivity (Wildman–Crippen MR) is 111 cm³/mol. The third-order valence-corrected chi connectivity index (χ3v) is 5.42. The number of ether oxygens (including phenoxy) is 1. The van der Waals surface area contributed by atoms with Gasteiger partial charge in [-0.1, -0.05) is 12.1 Å². The molecule has 0 spiro atoms. The number of H-pyrrole nitrogens is 1. The molecule has 2 aromatic carbocycles. The van der Waals surface area contributed by atoms with Gasteiger partial charge in [0.1, 0.15) is 17.4 Å². The van der Waals surface area contributed by atoms with Crippen LogP contribution < -0.4 is 10.3 Å². The van der Waals surface area contributed by atoms with Crippen LogP contribution in [0.1, 0.15) is 18.8 Å². The Morgan fingerprint density at radius 1 is 1.13 bits per heavy atom. The molecule has 0 radical (unpaired) electrons. The smallest absolute Gasteiger partial charge is 0.260 e. The summed E-state index contributed by atoms with van der Waals surface area (Å²) in [6, 6.07) is 12.8. The Morgan fingerprint density at radius 3 is 2.57 bits per heavy atom. The Hall–Kier alpha value is -3.26. The highest BCUT2D eigenvalue weighted by Crippen LogP contribution is 2.19. The third kappa shape index (κ3) is 4.33. The summed E-state index contributed by atoms with van der Waals surface area (Å²) in [4.78, 5) is 36.2. The number of halogens is 1. The molecule has 1 fully saturated rings. The summed E-state index contributed by atoms with van der Waals surface area (Å²) in [6.07, 6.45) is 0. The first-order valence-electron chi connectivity index (χ1n) is 9.90. The minimum atomic E-state index is -0.346. The molecule has 156 valence electrons. The molecule has 0 aliphatic carbocycles. The first-order chi connectivity index (χ1) is 14.5. The molecule has 0 bridgehead atoms. The summed E-state index contributed by atoms with van der Waals surface area (Å²) in [7, 11) is 0. The number of aromatic nitrogens is 2. The maximum absolute atomic E-state index is 12.9. The van der Waals surface area contributed by atoms with E-state index in [0.717, 1.165) is 0 Å².